The Kier molecular flexibility index (Phi) is 7.04. The third-order valence-corrected chi connectivity index (χ3v) is 5.52. The van der Waals surface area contributed by atoms with Crippen molar-refractivity contribution >= 4 is 5.82 Å². The summed E-state index contributed by atoms with van der Waals surface area (Å²) in [5, 5.41) is 54.0. The predicted molar refractivity (Wildman–Crippen MR) is 111 cm³/mol. The van der Waals surface area contributed by atoms with Crippen LogP contribution in [0.15, 0.2) is 35.3 Å². The Morgan fingerprint density at radius 1 is 1.36 bits per heavy atom. The topological polar surface area (TPSA) is 184 Å². The molecule has 2 heterocycles. The Morgan fingerprint density at radius 2 is 2.00 bits per heavy atom. The molecule has 1 aliphatic heterocycles. The minimum absolute atomic E-state index is 0.00515. The lowest BCUT2D eigenvalue weighted by Crippen LogP contribution is -2.68. The molecule has 0 spiro atoms. The van der Waals surface area contributed by atoms with Gasteiger partial charge in [0.1, 0.15) is 29.9 Å². The maximum atomic E-state index is 13.6. The minimum Gasteiger partial charge on any atom is -0.497 e. The van der Waals surface area contributed by atoms with Crippen LogP contribution in [0.2, 0.25) is 0 Å². The molecule has 0 radical (unpaired) electrons. The highest BCUT2D eigenvalue weighted by atomic mass is 19.1. The van der Waals surface area contributed by atoms with Crippen molar-refractivity contribution in [3.63, 3.8) is 0 Å². The molecular formula is C20H27FN4O8. The first-order chi connectivity index (χ1) is 15.5. The van der Waals surface area contributed by atoms with E-state index < -0.39 is 54.7 Å². The van der Waals surface area contributed by atoms with E-state index in [1.165, 1.54) is 14.0 Å². The van der Waals surface area contributed by atoms with Gasteiger partial charge in [-0.05, 0) is 24.6 Å². The fourth-order valence-electron chi connectivity index (χ4n) is 3.77. The Hall–Kier alpha value is -2.65. The second kappa shape index (κ2) is 9.30. The zero-order chi connectivity index (χ0) is 24.6. The standard InChI is InChI=1S/C20H27FN4O8/c1-11(21)7-13-8-23-18(28)25(17(13)22)20(30)19(29,16(27)15(10-26)33-20)24(31)9-12-3-5-14(32-2)6-4-12/h3-6,8,11,15-16,26-27,29-31H,7,9-10,22H2,1-2H3/t11?,15-,16-,19-,20-/m1/s1. The lowest BCUT2D eigenvalue weighted by Gasteiger charge is -2.42. The van der Waals surface area contributed by atoms with Gasteiger partial charge in [0, 0.05) is 18.2 Å². The third-order valence-electron chi connectivity index (χ3n) is 5.52. The van der Waals surface area contributed by atoms with Gasteiger partial charge in [-0.2, -0.15) is 0 Å². The van der Waals surface area contributed by atoms with Crippen LogP contribution in [-0.2, 0) is 23.6 Å². The number of anilines is 1. The number of nitrogens with two attached hydrogens (primary N) is 1. The van der Waals surface area contributed by atoms with E-state index in [4.69, 9.17) is 15.2 Å². The van der Waals surface area contributed by atoms with E-state index in [0.717, 1.165) is 6.20 Å². The third kappa shape index (κ3) is 4.19. The van der Waals surface area contributed by atoms with Crippen LogP contribution in [0.25, 0.3) is 0 Å². The van der Waals surface area contributed by atoms with Crippen molar-refractivity contribution in [3.05, 3.63) is 52.1 Å². The highest BCUT2D eigenvalue weighted by Gasteiger charge is 2.70. The molecule has 0 amide bonds. The maximum Gasteiger partial charge on any atom is 0.353 e. The number of hydrogen-bond donors (Lipinski definition) is 6. The molecule has 1 unspecified atom stereocenters. The van der Waals surface area contributed by atoms with Gasteiger partial charge < -0.3 is 40.8 Å². The van der Waals surface area contributed by atoms with Gasteiger partial charge in [-0.1, -0.05) is 12.1 Å². The first kappa shape index (κ1) is 25.0. The number of nitrogens with zero attached hydrogens (tertiary/aromatic N) is 3. The summed E-state index contributed by atoms with van der Waals surface area (Å²) in [6, 6.07) is 6.24. The second-order valence-corrected chi connectivity index (χ2v) is 7.80. The van der Waals surface area contributed by atoms with Crippen molar-refractivity contribution in [1.82, 2.24) is 14.6 Å². The van der Waals surface area contributed by atoms with E-state index in [-0.39, 0.29) is 17.0 Å². The lowest BCUT2D eigenvalue weighted by atomic mass is 9.99. The summed E-state index contributed by atoms with van der Waals surface area (Å²) in [4.78, 5) is 16.1. The van der Waals surface area contributed by atoms with Gasteiger partial charge in [0.2, 0.25) is 5.72 Å². The van der Waals surface area contributed by atoms with E-state index in [1.54, 1.807) is 24.3 Å². The van der Waals surface area contributed by atoms with Crippen molar-refractivity contribution in [2.75, 3.05) is 19.5 Å². The number of hydroxylamine groups is 2. The predicted octanol–water partition coefficient (Wildman–Crippen LogP) is -1.33. The van der Waals surface area contributed by atoms with Gasteiger partial charge >= 0.3 is 11.6 Å². The van der Waals surface area contributed by atoms with E-state index in [1.807, 2.05) is 0 Å². The summed E-state index contributed by atoms with van der Waals surface area (Å²) in [6.45, 7) is -0.127. The van der Waals surface area contributed by atoms with E-state index in [0.29, 0.717) is 15.9 Å². The summed E-state index contributed by atoms with van der Waals surface area (Å²) in [5.41, 5.74) is 2.07. The number of halogens is 1. The van der Waals surface area contributed by atoms with Gasteiger partial charge in [0.05, 0.1) is 20.3 Å². The molecule has 1 fully saturated rings. The molecule has 3 rings (SSSR count). The number of aliphatic hydroxyl groups excluding tert-OH is 2. The summed E-state index contributed by atoms with van der Waals surface area (Å²) in [6.07, 6.45) is -4.42. The number of nitrogen functional groups attached to an aromatic ring is 1. The molecule has 13 heteroatoms. The number of alkyl halides is 1. The molecule has 1 aliphatic rings. The van der Waals surface area contributed by atoms with Crippen LogP contribution in [-0.4, -0.2) is 78.1 Å². The summed E-state index contributed by atoms with van der Waals surface area (Å²) < 4.78 is 24.2. The number of ether oxygens (including phenoxy) is 2. The largest absolute Gasteiger partial charge is 0.497 e. The van der Waals surface area contributed by atoms with Crippen molar-refractivity contribution in [2.45, 2.75) is 49.9 Å². The summed E-state index contributed by atoms with van der Waals surface area (Å²) in [5.74, 6) is -3.21. The molecule has 1 saturated heterocycles. The van der Waals surface area contributed by atoms with Crippen LogP contribution in [0.5, 0.6) is 5.75 Å². The minimum atomic E-state index is -3.22. The zero-order valence-corrected chi connectivity index (χ0v) is 18.0. The fraction of sp³-hybridized carbons (Fsp3) is 0.500. The van der Waals surface area contributed by atoms with Crippen molar-refractivity contribution in [1.29, 1.82) is 0 Å². The van der Waals surface area contributed by atoms with Gasteiger partial charge in [-0.25, -0.2) is 18.7 Å². The lowest BCUT2D eigenvalue weighted by molar-refractivity contribution is -0.413. The number of hydrogen-bond acceptors (Lipinski definition) is 11. The molecule has 182 valence electrons. The monoisotopic (exact) mass is 470 g/mol. The van der Waals surface area contributed by atoms with Crippen LogP contribution in [0.4, 0.5) is 10.2 Å². The summed E-state index contributed by atoms with van der Waals surface area (Å²) in [7, 11) is 1.46. The van der Waals surface area contributed by atoms with Gasteiger partial charge in [-0.15, -0.1) is 5.06 Å². The molecule has 33 heavy (non-hydrogen) atoms. The number of aliphatic hydroxyl groups is 4. The number of rotatable bonds is 8. The van der Waals surface area contributed by atoms with Crippen LogP contribution < -0.4 is 16.2 Å². The fourth-order valence-corrected chi connectivity index (χ4v) is 3.77. The Balaban J connectivity index is 2.11. The van der Waals surface area contributed by atoms with Crippen LogP contribution in [0.3, 0.4) is 0 Å². The van der Waals surface area contributed by atoms with Crippen molar-refractivity contribution in [2.24, 2.45) is 0 Å². The smallest absolute Gasteiger partial charge is 0.353 e. The molecule has 2 aromatic rings. The van der Waals surface area contributed by atoms with Crippen LogP contribution in [0.1, 0.15) is 18.1 Å². The average Bonchev–Trinajstić information content (AvgIpc) is 2.98. The molecule has 0 bridgehead atoms. The quantitative estimate of drug-likeness (QED) is 0.198. The molecule has 1 aromatic heterocycles. The molecule has 0 saturated carbocycles. The molecule has 7 N–H and O–H groups in total. The maximum absolute atomic E-state index is 13.6. The Bertz CT molecular complexity index is 1040. The first-order valence-corrected chi connectivity index (χ1v) is 10.0. The molecule has 5 atom stereocenters. The average molecular weight is 470 g/mol. The van der Waals surface area contributed by atoms with Gasteiger partial charge in [0.15, 0.2) is 0 Å². The summed E-state index contributed by atoms with van der Waals surface area (Å²) >= 11 is 0. The van der Waals surface area contributed by atoms with E-state index >= 15 is 0 Å². The SMILES string of the molecule is COc1ccc(CN(O)[C@@]2(O)[C@H](O)[C@@H](CO)O[C@@]2(O)n2c(N)c(CC(C)F)cnc2=O)cc1. The first-order valence-electron chi connectivity index (χ1n) is 10.0. The Labute approximate surface area is 187 Å². The highest BCUT2D eigenvalue weighted by Crippen LogP contribution is 2.44. The molecular weight excluding hydrogens is 443 g/mol. The van der Waals surface area contributed by atoms with Gasteiger partial charge in [0.25, 0.3) is 0 Å². The number of aromatic nitrogens is 2. The van der Waals surface area contributed by atoms with Gasteiger partial charge in [-0.3, -0.25) is 0 Å². The van der Waals surface area contributed by atoms with Crippen molar-refractivity contribution < 1.29 is 39.5 Å². The second-order valence-electron chi connectivity index (χ2n) is 7.80. The van der Waals surface area contributed by atoms with E-state index in [9.17, 15) is 34.8 Å². The molecule has 12 nitrogen and oxygen atoms in total. The highest BCUT2D eigenvalue weighted by molar-refractivity contribution is 5.40. The molecule has 0 aliphatic carbocycles. The zero-order valence-electron chi connectivity index (χ0n) is 18.0. The Morgan fingerprint density at radius 3 is 2.55 bits per heavy atom. The van der Waals surface area contributed by atoms with Crippen LogP contribution in [0, 0.1) is 0 Å². The normalized spacial score (nSPS) is 28.3. The number of methoxy groups -OCH3 is 1. The van der Waals surface area contributed by atoms with Crippen LogP contribution >= 0.6 is 0 Å². The number of benzene rings is 1. The van der Waals surface area contributed by atoms with E-state index in [2.05, 4.69) is 4.98 Å². The molecule has 1 aromatic carbocycles. The van der Waals surface area contributed by atoms with Crippen molar-refractivity contribution in [3.8, 4) is 5.75 Å².